The lowest BCUT2D eigenvalue weighted by Gasteiger charge is -2.01. The molecule has 1 fully saturated rings. The minimum Gasteiger partial charge on any atom is -0.358 e. The lowest BCUT2D eigenvalue weighted by Crippen LogP contribution is -1.93. The number of ether oxygens (including phenoxy) is 1. The first-order chi connectivity index (χ1) is 9.83. The van der Waals surface area contributed by atoms with E-state index in [2.05, 4.69) is 29.0 Å². The topological polar surface area (TPSA) is 38.3 Å². The maximum absolute atomic E-state index is 5.82. The van der Waals surface area contributed by atoms with Crippen LogP contribution in [0.1, 0.15) is 29.0 Å². The van der Waals surface area contributed by atoms with Gasteiger partial charge in [-0.1, -0.05) is 36.4 Å². The maximum atomic E-state index is 5.82. The van der Waals surface area contributed by atoms with Gasteiger partial charge in [-0.3, -0.25) is 4.98 Å². The van der Waals surface area contributed by atoms with Gasteiger partial charge in [0, 0.05) is 0 Å². The van der Waals surface area contributed by atoms with Crippen molar-refractivity contribution in [1.29, 1.82) is 0 Å². The fraction of sp³-hybridized carbons (Fsp3) is 0.176. The molecule has 1 aliphatic heterocycles. The molecule has 2 atom stereocenters. The van der Waals surface area contributed by atoms with Gasteiger partial charge in [0.15, 0.2) is 0 Å². The third-order valence-electron chi connectivity index (χ3n) is 3.75. The molecule has 20 heavy (non-hydrogen) atoms. The number of rotatable bonds is 2. The Morgan fingerprint density at radius 2 is 1.65 bits per heavy atom. The average Bonchev–Trinajstić information content (AvgIpc) is 3.27. The normalized spacial score (nSPS) is 21.1. The standard InChI is InChI=1S/C17H14N2O/c1-11-6-2-3-7-12(11)16-17(20-16)15-10-18-13-8-4-5-9-14(13)19-15/h2-10,16-17H,1H3/t16-,17-/m1/s1. The molecule has 3 heteroatoms. The Kier molecular flexibility index (Phi) is 2.54. The zero-order chi connectivity index (χ0) is 13.5. The van der Waals surface area contributed by atoms with Gasteiger partial charge < -0.3 is 4.74 Å². The molecule has 98 valence electrons. The number of para-hydroxylation sites is 2. The van der Waals surface area contributed by atoms with E-state index in [0.29, 0.717) is 0 Å². The number of aryl methyl sites for hydroxylation is 1. The summed E-state index contributed by atoms with van der Waals surface area (Å²) in [5.74, 6) is 0. The molecule has 0 radical (unpaired) electrons. The first-order valence-electron chi connectivity index (χ1n) is 6.75. The van der Waals surface area contributed by atoms with Crippen molar-refractivity contribution in [1.82, 2.24) is 9.97 Å². The molecule has 0 N–H and O–H groups in total. The molecule has 3 aromatic rings. The molecule has 4 rings (SSSR count). The smallest absolute Gasteiger partial charge is 0.132 e. The number of hydrogen-bond donors (Lipinski definition) is 0. The summed E-state index contributed by atoms with van der Waals surface area (Å²) in [5.41, 5.74) is 5.26. The van der Waals surface area contributed by atoms with E-state index < -0.39 is 0 Å². The highest BCUT2D eigenvalue weighted by molar-refractivity contribution is 5.73. The third-order valence-corrected chi connectivity index (χ3v) is 3.75. The number of nitrogens with zero attached hydrogens (tertiary/aromatic N) is 2. The van der Waals surface area contributed by atoms with Crippen LogP contribution in [0.3, 0.4) is 0 Å². The molecule has 1 aromatic heterocycles. The third kappa shape index (κ3) is 1.87. The number of fused-ring (bicyclic) bond motifs is 1. The zero-order valence-corrected chi connectivity index (χ0v) is 11.2. The van der Waals surface area contributed by atoms with E-state index in [4.69, 9.17) is 4.74 Å². The molecular weight excluding hydrogens is 248 g/mol. The van der Waals surface area contributed by atoms with Gasteiger partial charge in [0.1, 0.15) is 12.2 Å². The van der Waals surface area contributed by atoms with Crippen LogP contribution in [0.2, 0.25) is 0 Å². The number of hydrogen-bond acceptors (Lipinski definition) is 3. The summed E-state index contributed by atoms with van der Waals surface area (Å²) in [5, 5.41) is 0. The first kappa shape index (κ1) is 11.6. The summed E-state index contributed by atoms with van der Waals surface area (Å²) < 4.78 is 5.82. The Hall–Kier alpha value is -2.26. The average molecular weight is 262 g/mol. The number of epoxide rings is 1. The quantitative estimate of drug-likeness (QED) is 0.660. The predicted molar refractivity (Wildman–Crippen MR) is 77.3 cm³/mol. The van der Waals surface area contributed by atoms with Crippen molar-refractivity contribution in [2.75, 3.05) is 0 Å². The van der Waals surface area contributed by atoms with Crippen LogP contribution >= 0.6 is 0 Å². The van der Waals surface area contributed by atoms with E-state index in [0.717, 1.165) is 16.7 Å². The molecule has 0 unspecified atom stereocenters. The lowest BCUT2D eigenvalue weighted by molar-refractivity contribution is 0.374. The fourth-order valence-corrected chi connectivity index (χ4v) is 2.59. The largest absolute Gasteiger partial charge is 0.358 e. The van der Waals surface area contributed by atoms with Crippen LogP contribution in [0.4, 0.5) is 0 Å². The zero-order valence-electron chi connectivity index (χ0n) is 11.2. The van der Waals surface area contributed by atoms with Crippen LogP contribution < -0.4 is 0 Å². The van der Waals surface area contributed by atoms with Crippen LogP contribution in [0.25, 0.3) is 11.0 Å². The summed E-state index contributed by atoms with van der Waals surface area (Å²) in [6.07, 6.45) is 1.98. The number of aromatic nitrogens is 2. The van der Waals surface area contributed by atoms with Gasteiger partial charge in [-0.15, -0.1) is 0 Å². The molecule has 2 aromatic carbocycles. The van der Waals surface area contributed by atoms with Crippen LogP contribution in [0.15, 0.2) is 54.7 Å². The molecule has 1 saturated heterocycles. The summed E-state index contributed by atoms with van der Waals surface area (Å²) in [7, 11) is 0. The molecule has 0 saturated carbocycles. The second kappa shape index (κ2) is 4.39. The molecule has 1 aliphatic rings. The van der Waals surface area contributed by atoms with Gasteiger partial charge >= 0.3 is 0 Å². The van der Waals surface area contributed by atoms with Crippen LogP contribution in [-0.4, -0.2) is 9.97 Å². The van der Waals surface area contributed by atoms with E-state index in [1.807, 2.05) is 42.6 Å². The van der Waals surface area contributed by atoms with Gasteiger partial charge in [-0.2, -0.15) is 0 Å². The Morgan fingerprint density at radius 3 is 2.50 bits per heavy atom. The van der Waals surface area contributed by atoms with Crippen molar-refractivity contribution < 1.29 is 4.74 Å². The molecule has 0 aliphatic carbocycles. The lowest BCUT2D eigenvalue weighted by atomic mass is 10.0. The van der Waals surface area contributed by atoms with E-state index in [-0.39, 0.29) is 12.2 Å². The van der Waals surface area contributed by atoms with E-state index >= 15 is 0 Å². The van der Waals surface area contributed by atoms with Crippen LogP contribution in [0.5, 0.6) is 0 Å². The highest BCUT2D eigenvalue weighted by atomic mass is 16.6. The summed E-state index contributed by atoms with van der Waals surface area (Å²) in [6.45, 7) is 2.11. The van der Waals surface area contributed by atoms with Gasteiger partial charge in [0.25, 0.3) is 0 Å². The monoisotopic (exact) mass is 262 g/mol. The fourth-order valence-electron chi connectivity index (χ4n) is 2.59. The van der Waals surface area contributed by atoms with Crippen molar-refractivity contribution in [3.63, 3.8) is 0 Å². The number of benzene rings is 2. The van der Waals surface area contributed by atoms with Gasteiger partial charge in [-0.05, 0) is 30.2 Å². The maximum Gasteiger partial charge on any atom is 0.132 e. The van der Waals surface area contributed by atoms with E-state index in [1.165, 1.54) is 11.1 Å². The molecule has 0 amide bonds. The second-order valence-corrected chi connectivity index (χ2v) is 5.12. The van der Waals surface area contributed by atoms with Crippen molar-refractivity contribution in [3.8, 4) is 0 Å². The first-order valence-corrected chi connectivity index (χ1v) is 6.75. The minimum atomic E-state index is 0.0354. The Labute approximate surface area is 117 Å². The minimum absolute atomic E-state index is 0.0354. The second-order valence-electron chi connectivity index (χ2n) is 5.12. The van der Waals surface area contributed by atoms with Gasteiger partial charge in [-0.25, -0.2) is 4.98 Å². The van der Waals surface area contributed by atoms with Crippen molar-refractivity contribution in [3.05, 3.63) is 71.5 Å². The van der Waals surface area contributed by atoms with Gasteiger partial charge in [0.05, 0.1) is 22.9 Å². The summed E-state index contributed by atoms with van der Waals surface area (Å²) in [6, 6.07) is 16.2. The Bertz CT molecular complexity index is 785. The molecule has 3 nitrogen and oxygen atoms in total. The predicted octanol–water partition coefficient (Wildman–Crippen LogP) is 3.75. The Morgan fingerprint density at radius 1 is 0.900 bits per heavy atom. The van der Waals surface area contributed by atoms with Crippen molar-refractivity contribution in [2.24, 2.45) is 0 Å². The van der Waals surface area contributed by atoms with E-state index in [1.54, 1.807) is 0 Å². The Balaban J connectivity index is 1.67. The summed E-state index contributed by atoms with van der Waals surface area (Å²) >= 11 is 0. The molecule has 2 heterocycles. The van der Waals surface area contributed by atoms with Crippen molar-refractivity contribution in [2.45, 2.75) is 19.1 Å². The van der Waals surface area contributed by atoms with Gasteiger partial charge in [0.2, 0.25) is 0 Å². The van der Waals surface area contributed by atoms with Crippen LogP contribution in [-0.2, 0) is 4.74 Å². The van der Waals surface area contributed by atoms with E-state index in [9.17, 15) is 0 Å². The SMILES string of the molecule is Cc1ccccc1[C@H]1O[C@@H]1c1cnc2ccccc2n1. The highest BCUT2D eigenvalue weighted by Gasteiger charge is 2.43. The van der Waals surface area contributed by atoms with Crippen molar-refractivity contribution >= 4 is 11.0 Å². The molecular formula is C17H14N2O. The molecule has 0 bridgehead atoms. The summed E-state index contributed by atoms with van der Waals surface area (Å²) in [4.78, 5) is 9.11. The highest BCUT2D eigenvalue weighted by Crippen LogP contribution is 2.51. The van der Waals surface area contributed by atoms with Crippen LogP contribution in [0, 0.1) is 6.92 Å². The molecule has 0 spiro atoms.